The zero-order valence-electron chi connectivity index (χ0n) is 12.0. The summed E-state index contributed by atoms with van der Waals surface area (Å²) < 4.78 is 5.08. The first-order chi connectivity index (χ1) is 10.6. The molecule has 0 radical (unpaired) electrons. The first-order valence-electron chi connectivity index (χ1n) is 6.62. The van der Waals surface area contributed by atoms with Crippen LogP contribution in [-0.2, 0) is 11.3 Å². The summed E-state index contributed by atoms with van der Waals surface area (Å²) in [6.07, 6.45) is 3.10. The third kappa shape index (κ3) is 4.79. The van der Waals surface area contributed by atoms with Gasteiger partial charge in [-0.05, 0) is 41.5 Å². The van der Waals surface area contributed by atoms with Gasteiger partial charge in [0.15, 0.2) is 0 Å². The zero-order chi connectivity index (χ0) is 15.9. The van der Waals surface area contributed by atoms with Crippen molar-refractivity contribution in [3.05, 3.63) is 69.7 Å². The largest absolute Gasteiger partial charge is 0.497 e. The number of amides is 1. The first-order valence-corrected chi connectivity index (χ1v) is 7.38. The average Bonchev–Trinajstić information content (AvgIpc) is 2.52. The Morgan fingerprint density at radius 3 is 2.55 bits per heavy atom. The van der Waals surface area contributed by atoms with Crippen molar-refractivity contribution in [2.45, 2.75) is 6.54 Å². The highest BCUT2D eigenvalue weighted by Crippen LogP contribution is 2.21. The van der Waals surface area contributed by atoms with Gasteiger partial charge in [0.05, 0.1) is 7.11 Å². The highest BCUT2D eigenvalue weighted by Gasteiger charge is 2.00. The maximum Gasteiger partial charge on any atom is 0.244 e. The number of carbonyl (C=O) groups excluding carboxylic acids is 1. The van der Waals surface area contributed by atoms with Crippen LogP contribution in [0.5, 0.6) is 5.75 Å². The minimum absolute atomic E-state index is 0.193. The molecule has 3 nitrogen and oxygen atoms in total. The van der Waals surface area contributed by atoms with Crippen LogP contribution in [0.25, 0.3) is 6.08 Å². The highest BCUT2D eigenvalue weighted by atomic mass is 35.5. The van der Waals surface area contributed by atoms with E-state index in [-0.39, 0.29) is 5.91 Å². The zero-order valence-corrected chi connectivity index (χ0v) is 13.5. The molecule has 5 heteroatoms. The molecule has 2 aromatic rings. The second kappa shape index (κ2) is 7.87. The molecule has 0 fully saturated rings. The molecule has 0 unspecified atom stereocenters. The molecule has 2 aromatic carbocycles. The monoisotopic (exact) mass is 335 g/mol. The van der Waals surface area contributed by atoms with Crippen molar-refractivity contribution >= 4 is 35.2 Å². The quantitative estimate of drug-likeness (QED) is 0.826. The fourth-order valence-corrected chi connectivity index (χ4v) is 2.27. The van der Waals surface area contributed by atoms with Gasteiger partial charge in [-0.15, -0.1) is 0 Å². The fourth-order valence-electron chi connectivity index (χ4n) is 1.79. The average molecular weight is 336 g/mol. The minimum atomic E-state index is -0.193. The first kappa shape index (κ1) is 16.4. The van der Waals surface area contributed by atoms with Crippen molar-refractivity contribution in [1.82, 2.24) is 5.32 Å². The Hall–Kier alpha value is -1.97. The predicted molar refractivity (Wildman–Crippen MR) is 90.3 cm³/mol. The Labute approximate surface area is 139 Å². The molecular formula is C17H15Cl2NO2. The maximum absolute atomic E-state index is 11.8. The topological polar surface area (TPSA) is 38.3 Å². The number of nitrogens with one attached hydrogen (secondary N) is 1. The normalized spacial score (nSPS) is 10.7. The van der Waals surface area contributed by atoms with Crippen LogP contribution in [0.2, 0.25) is 10.0 Å². The van der Waals surface area contributed by atoms with Crippen LogP contribution in [0.3, 0.4) is 0 Å². The van der Waals surface area contributed by atoms with Gasteiger partial charge in [-0.1, -0.05) is 41.4 Å². The molecule has 0 aliphatic rings. The molecule has 2 rings (SSSR count). The Balaban J connectivity index is 1.90. The molecule has 22 heavy (non-hydrogen) atoms. The summed E-state index contributed by atoms with van der Waals surface area (Å²) in [5.74, 6) is 0.592. The Morgan fingerprint density at radius 2 is 1.91 bits per heavy atom. The lowest BCUT2D eigenvalue weighted by Gasteiger charge is -2.04. The summed E-state index contributed by atoms with van der Waals surface area (Å²) in [5.41, 5.74) is 1.73. The van der Waals surface area contributed by atoms with Gasteiger partial charge < -0.3 is 10.1 Å². The minimum Gasteiger partial charge on any atom is -0.497 e. The lowest BCUT2D eigenvalue weighted by molar-refractivity contribution is -0.116. The van der Waals surface area contributed by atoms with E-state index in [1.165, 1.54) is 6.08 Å². The van der Waals surface area contributed by atoms with Gasteiger partial charge in [-0.2, -0.15) is 0 Å². The van der Waals surface area contributed by atoms with Crippen LogP contribution in [-0.4, -0.2) is 13.0 Å². The van der Waals surface area contributed by atoms with Crippen molar-refractivity contribution in [3.8, 4) is 5.75 Å². The molecule has 1 N–H and O–H groups in total. The number of halogens is 2. The number of carbonyl (C=O) groups is 1. The molecule has 0 spiro atoms. The molecule has 0 saturated carbocycles. The van der Waals surface area contributed by atoms with Crippen LogP contribution in [0.1, 0.15) is 11.1 Å². The summed E-state index contributed by atoms with van der Waals surface area (Å²) in [5, 5.41) is 3.87. The summed E-state index contributed by atoms with van der Waals surface area (Å²) >= 11 is 11.9. The van der Waals surface area contributed by atoms with E-state index < -0.39 is 0 Å². The summed E-state index contributed by atoms with van der Waals surface area (Å²) in [6.45, 7) is 0.446. The molecule has 0 heterocycles. The van der Waals surface area contributed by atoms with Crippen molar-refractivity contribution < 1.29 is 9.53 Å². The summed E-state index contributed by atoms with van der Waals surface area (Å²) in [6, 6.07) is 12.6. The van der Waals surface area contributed by atoms with Crippen LogP contribution < -0.4 is 10.1 Å². The van der Waals surface area contributed by atoms with E-state index in [9.17, 15) is 4.79 Å². The third-order valence-electron chi connectivity index (χ3n) is 3.00. The van der Waals surface area contributed by atoms with Gasteiger partial charge in [-0.3, -0.25) is 4.79 Å². The van der Waals surface area contributed by atoms with E-state index in [0.717, 1.165) is 16.9 Å². The van der Waals surface area contributed by atoms with Crippen LogP contribution in [0.4, 0.5) is 0 Å². The lowest BCUT2D eigenvalue weighted by atomic mass is 10.2. The van der Waals surface area contributed by atoms with Crippen molar-refractivity contribution in [3.63, 3.8) is 0 Å². The standard InChI is InChI=1S/C17H15Cl2NO2/c1-22-15-7-2-12(3-8-15)11-20-17(21)9-5-13-4-6-14(18)10-16(13)19/h2-10H,11H2,1H3,(H,20,21)/b9-5+. The smallest absolute Gasteiger partial charge is 0.244 e. The van der Waals surface area contributed by atoms with Crippen molar-refractivity contribution in [2.24, 2.45) is 0 Å². The number of hydrogen-bond donors (Lipinski definition) is 1. The number of rotatable bonds is 5. The molecule has 0 bridgehead atoms. The van der Waals surface area contributed by atoms with Gasteiger partial charge in [0.25, 0.3) is 0 Å². The van der Waals surface area contributed by atoms with E-state index in [0.29, 0.717) is 16.6 Å². The van der Waals surface area contributed by atoms with Crippen molar-refractivity contribution in [1.29, 1.82) is 0 Å². The SMILES string of the molecule is COc1ccc(CNC(=O)/C=C/c2ccc(Cl)cc2Cl)cc1. The molecular weight excluding hydrogens is 321 g/mol. The lowest BCUT2D eigenvalue weighted by Crippen LogP contribution is -2.20. The van der Waals surface area contributed by atoms with Gasteiger partial charge >= 0.3 is 0 Å². The molecule has 0 aliphatic carbocycles. The molecule has 0 saturated heterocycles. The number of methoxy groups -OCH3 is 1. The van der Waals surface area contributed by atoms with Crippen molar-refractivity contribution in [2.75, 3.05) is 7.11 Å². The number of ether oxygens (including phenoxy) is 1. The maximum atomic E-state index is 11.8. The number of benzene rings is 2. The second-order valence-corrected chi connectivity index (χ2v) is 5.41. The van der Waals surface area contributed by atoms with E-state index in [1.807, 2.05) is 24.3 Å². The second-order valence-electron chi connectivity index (χ2n) is 4.57. The highest BCUT2D eigenvalue weighted by molar-refractivity contribution is 6.35. The van der Waals surface area contributed by atoms with Crippen LogP contribution in [0.15, 0.2) is 48.5 Å². The Morgan fingerprint density at radius 1 is 1.18 bits per heavy atom. The van der Waals surface area contributed by atoms with Crippen LogP contribution in [0, 0.1) is 0 Å². The fraction of sp³-hybridized carbons (Fsp3) is 0.118. The Bertz CT molecular complexity index is 682. The molecule has 114 valence electrons. The molecule has 0 aromatic heterocycles. The third-order valence-corrected chi connectivity index (χ3v) is 3.56. The Kier molecular flexibility index (Phi) is 5.87. The molecule has 0 atom stereocenters. The summed E-state index contributed by atoms with van der Waals surface area (Å²) in [4.78, 5) is 11.8. The van der Waals surface area contributed by atoms with Gasteiger partial charge in [-0.25, -0.2) is 0 Å². The van der Waals surface area contributed by atoms with Gasteiger partial charge in [0.1, 0.15) is 5.75 Å². The van der Waals surface area contributed by atoms with Gasteiger partial charge in [0.2, 0.25) is 5.91 Å². The van der Waals surface area contributed by atoms with E-state index in [1.54, 1.807) is 31.4 Å². The van der Waals surface area contributed by atoms with E-state index in [2.05, 4.69) is 5.32 Å². The number of hydrogen-bond acceptors (Lipinski definition) is 2. The molecule has 1 amide bonds. The summed E-state index contributed by atoms with van der Waals surface area (Å²) in [7, 11) is 1.61. The van der Waals surface area contributed by atoms with E-state index >= 15 is 0 Å². The molecule has 0 aliphatic heterocycles. The van der Waals surface area contributed by atoms with Gasteiger partial charge in [0, 0.05) is 22.7 Å². The van der Waals surface area contributed by atoms with Crippen LogP contribution >= 0.6 is 23.2 Å². The van der Waals surface area contributed by atoms with E-state index in [4.69, 9.17) is 27.9 Å². The predicted octanol–water partition coefficient (Wildman–Crippen LogP) is 4.33.